The second-order valence-corrected chi connectivity index (χ2v) is 9.97. The normalized spacial score (nSPS) is 17.8. The Bertz CT molecular complexity index is 953. The molecule has 0 saturated heterocycles. The van der Waals surface area contributed by atoms with E-state index in [-0.39, 0.29) is 36.4 Å². The smallest absolute Gasteiger partial charge is 0.242 e. The molecule has 2 heterocycles. The van der Waals surface area contributed by atoms with Gasteiger partial charge in [-0.05, 0) is 54.3 Å². The molecule has 7 heteroatoms. The molecule has 6 nitrogen and oxygen atoms in total. The van der Waals surface area contributed by atoms with Crippen LogP contribution in [-0.2, 0) is 16.0 Å². The van der Waals surface area contributed by atoms with Gasteiger partial charge in [0.25, 0.3) is 0 Å². The van der Waals surface area contributed by atoms with Crippen molar-refractivity contribution in [3.8, 4) is 11.5 Å². The quantitative estimate of drug-likeness (QED) is 0.565. The summed E-state index contributed by atoms with van der Waals surface area (Å²) < 4.78 is 11.6. The molecular weight excluding hydrogens is 424 g/mol. The molecular formula is C25H32N2O4S. The average Bonchev–Trinajstić information content (AvgIpc) is 3.50. The molecule has 1 aliphatic carbocycles. The van der Waals surface area contributed by atoms with Crippen LogP contribution in [0.5, 0.6) is 11.5 Å². The molecule has 0 N–H and O–H groups in total. The van der Waals surface area contributed by atoms with E-state index in [1.54, 1.807) is 18.4 Å². The monoisotopic (exact) mass is 456 g/mol. The zero-order chi connectivity index (χ0) is 22.7. The maximum Gasteiger partial charge on any atom is 0.242 e. The molecule has 1 aromatic heterocycles. The molecule has 0 unspecified atom stereocenters. The molecule has 1 atom stereocenters. The summed E-state index contributed by atoms with van der Waals surface area (Å²) in [5.41, 5.74) is 1.15. The number of amides is 2. The van der Waals surface area contributed by atoms with E-state index < -0.39 is 0 Å². The fourth-order valence-electron chi connectivity index (χ4n) is 4.29. The average molecular weight is 457 g/mol. The van der Waals surface area contributed by atoms with Gasteiger partial charge in [0, 0.05) is 23.9 Å². The summed E-state index contributed by atoms with van der Waals surface area (Å²) in [7, 11) is 1.62. The molecule has 0 bridgehead atoms. The van der Waals surface area contributed by atoms with Crippen LogP contribution in [0.4, 0.5) is 0 Å². The van der Waals surface area contributed by atoms with E-state index in [9.17, 15) is 9.59 Å². The van der Waals surface area contributed by atoms with E-state index >= 15 is 0 Å². The predicted octanol–water partition coefficient (Wildman–Crippen LogP) is 4.30. The highest BCUT2D eigenvalue weighted by Crippen LogP contribution is 2.36. The van der Waals surface area contributed by atoms with Crippen LogP contribution in [-0.4, -0.2) is 54.5 Å². The highest BCUT2D eigenvalue weighted by molar-refractivity contribution is 7.10. The molecule has 4 rings (SSSR count). The Morgan fingerprint density at radius 3 is 2.62 bits per heavy atom. The van der Waals surface area contributed by atoms with Gasteiger partial charge in [0.05, 0.1) is 13.2 Å². The van der Waals surface area contributed by atoms with Gasteiger partial charge >= 0.3 is 0 Å². The van der Waals surface area contributed by atoms with Crippen LogP contribution in [0.2, 0.25) is 0 Å². The van der Waals surface area contributed by atoms with Crippen LogP contribution in [0.15, 0.2) is 35.7 Å². The molecule has 1 aliphatic heterocycles. The summed E-state index contributed by atoms with van der Waals surface area (Å²) in [5.74, 6) is 1.71. The van der Waals surface area contributed by atoms with Gasteiger partial charge in [0.1, 0.15) is 13.2 Å². The summed E-state index contributed by atoms with van der Waals surface area (Å²) in [6.07, 6.45) is 3.31. The van der Waals surface area contributed by atoms with Gasteiger partial charge in [-0.1, -0.05) is 26.0 Å². The minimum atomic E-state index is -0.177. The lowest BCUT2D eigenvalue weighted by Crippen LogP contribution is -2.48. The summed E-state index contributed by atoms with van der Waals surface area (Å²) >= 11 is 1.73. The largest absolute Gasteiger partial charge is 0.493 e. The van der Waals surface area contributed by atoms with Crippen molar-refractivity contribution in [3.05, 3.63) is 46.2 Å². The lowest BCUT2D eigenvalue weighted by Gasteiger charge is -2.37. The minimum Gasteiger partial charge on any atom is -0.493 e. The molecule has 2 aromatic rings. The van der Waals surface area contributed by atoms with Crippen molar-refractivity contribution >= 4 is 23.2 Å². The van der Waals surface area contributed by atoms with Crippen molar-refractivity contribution in [2.75, 3.05) is 26.8 Å². The molecule has 172 valence electrons. The molecule has 0 radical (unpaired) electrons. The maximum atomic E-state index is 13.5. The van der Waals surface area contributed by atoms with Crippen LogP contribution >= 0.6 is 11.3 Å². The molecule has 1 fully saturated rings. The number of carbonyl (C=O) groups is 2. The number of methoxy groups -OCH3 is 1. The van der Waals surface area contributed by atoms with Gasteiger partial charge in [0.2, 0.25) is 11.8 Å². The first-order chi connectivity index (χ1) is 15.5. The summed E-state index contributed by atoms with van der Waals surface area (Å²) in [6, 6.07) is 9.69. The third-order valence-corrected chi connectivity index (χ3v) is 7.07. The zero-order valence-corrected chi connectivity index (χ0v) is 19.9. The number of carbonyl (C=O) groups excluding carboxylic acids is 2. The van der Waals surface area contributed by atoms with E-state index in [1.165, 1.54) is 4.88 Å². The number of para-hydroxylation sites is 2. The van der Waals surface area contributed by atoms with Crippen LogP contribution in [0, 0.1) is 5.92 Å². The highest BCUT2D eigenvalue weighted by Gasteiger charge is 2.38. The summed E-state index contributed by atoms with van der Waals surface area (Å²) in [4.78, 5) is 31.3. The van der Waals surface area contributed by atoms with Gasteiger partial charge in [-0.25, -0.2) is 0 Å². The number of fused-ring (bicyclic) bond motifs is 1. The first-order valence-corrected chi connectivity index (χ1v) is 12.3. The molecule has 1 saturated carbocycles. The van der Waals surface area contributed by atoms with E-state index in [2.05, 4.69) is 11.4 Å². The van der Waals surface area contributed by atoms with Crippen LogP contribution in [0.3, 0.4) is 0 Å². The predicted molar refractivity (Wildman–Crippen MR) is 125 cm³/mol. The van der Waals surface area contributed by atoms with Crippen molar-refractivity contribution in [2.24, 2.45) is 5.92 Å². The van der Waals surface area contributed by atoms with Crippen molar-refractivity contribution in [2.45, 2.75) is 51.6 Å². The second-order valence-electron chi connectivity index (χ2n) is 8.96. The summed E-state index contributed by atoms with van der Waals surface area (Å²) in [5, 5.41) is 2.08. The van der Waals surface area contributed by atoms with Gasteiger partial charge in [-0.3, -0.25) is 9.59 Å². The molecule has 1 aromatic carbocycles. The Morgan fingerprint density at radius 2 is 1.94 bits per heavy atom. The fourth-order valence-corrected chi connectivity index (χ4v) is 5.22. The van der Waals surface area contributed by atoms with Crippen molar-refractivity contribution in [1.29, 1.82) is 0 Å². The Labute approximate surface area is 194 Å². The number of nitrogens with zero attached hydrogens (tertiary/aromatic N) is 2. The Hall–Kier alpha value is -2.54. The molecule has 2 aliphatic rings. The van der Waals surface area contributed by atoms with Gasteiger partial charge < -0.3 is 19.3 Å². The van der Waals surface area contributed by atoms with E-state index in [0.717, 1.165) is 24.8 Å². The number of ether oxygens (including phenoxy) is 2. The number of hydrogen-bond acceptors (Lipinski definition) is 5. The van der Waals surface area contributed by atoms with Gasteiger partial charge in [-0.2, -0.15) is 0 Å². The molecule has 2 amide bonds. The highest BCUT2D eigenvalue weighted by atomic mass is 32.1. The third kappa shape index (κ3) is 5.09. The Balaban J connectivity index is 1.50. The van der Waals surface area contributed by atoms with Crippen molar-refractivity contribution in [1.82, 2.24) is 9.80 Å². The third-order valence-electron chi connectivity index (χ3n) is 6.08. The van der Waals surface area contributed by atoms with Crippen molar-refractivity contribution < 1.29 is 19.1 Å². The maximum absolute atomic E-state index is 13.5. The van der Waals surface area contributed by atoms with Crippen LogP contribution < -0.4 is 9.47 Å². The lowest BCUT2D eigenvalue weighted by molar-refractivity contribution is -0.143. The van der Waals surface area contributed by atoms with Crippen LogP contribution in [0.25, 0.3) is 0 Å². The Morgan fingerprint density at radius 1 is 1.19 bits per heavy atom. The van der Waals surface area contributed by atoms with Crippen LogP contribution in [0.1, 0.15) is 49.6 Å². The van der Waals surface area contributed by atoms with Gasteiger partial charge in [0.15, 0.2) is 11.5 Å². The SMILES string of the molecule is COc1ccccc1OC[C@@H]1c2ccsc2CCN1C(=O)CN(C(=O)CC(C)C)C1CC1. The number of benzene rings is 1. The Kier molecular flexibility index (Phi) is 7.04. The van der Waals surface area contributed by atoms with Crippen molar-refractivity contribution in [3.63, 3.8) is 0 Å². The number of thiophene rings is 1. The summed E-state index contributed by atoms with van der Waals surface area (Å²) in [6.45, 7) is 5.22. The number of rotatable bonds is 9. The minimum absolute atomic E-state index is 0.000479. The van der Waals surface area contributed by atoms with E-state index in [1.807, 2.05) is 47.9 Å². The second kappa shape index (κ2) is 9.94. The molecule has 0 spiro atoms. The topological polar surface area (TPSA) is 59.1 Å². The number of hydrogen-bond donors (Lipinski definition) is 0. The first-order valence-electron chi connectivity index (χ1n) is 11.4. The van der Waals surface area contributed by atoms with E-state index in [0.29, 0.717) is 31.1 Å². The van der Waals surface area contributed by atoms with E-state index in [4.69, 9.17) is 9.47 Å². The van der Waals surface area contributed by atoms with Gasteiger partial charge in [-0.15, -0.1) is 11.3 Å². The molecule has 32 heavy (non-hydrogen) atoms. The fraction of sp³-hybridized carbons (Fsp3) is 0.520. The standard InChI is InChI=1S/C25H32N2O4S/c1-17(2)14-24(28)27(18-8-9-18)15-25(29)26-12-10-23-19(11-13-32-23)20(26)16-31-22-7-5-4-6-21(22)30-3/h4-7,11,13,17-18,20H,8-10,12,14-16H2,1-3H3/t20-/m1/s1. The lowest BCUT2D eigenvalue weighted by atomic mass is 10.00. The zero-order valence-electron chi connectivity index (χ0n) is 19.1. The first kappa shape index (κ1) is 22.6.